The fourth-order valence-electron chi connectivity index (χ4n) is 3.51. The second-order valence-corrected chi connectivity index (χ2v) is 6.66. The predicted octanol–water partition coefficient (Wildman–Crippen LogP) is 1.67. The number of hydrogen-bond acceptors (Lipinski definition) is 4. The van der Waals surface area contributed by atoms with Gasteiger partial charge in [0, 0.05) is 12.1 Å². The summed E-state index contributed by atoms with van der Waals surface area (Å²) in [5.41, 5.74) is 0.970. The minimum Gasteiger partial charge on any atom is -0.508 e. The van der Waals surface area contributed by atoms with E-state index in [2.05, 4.69) is 24.1 Å². The van der Waals surface area contributed by atoms with Crippen LogP contribution in [-0.2, 0) is 11.2 Å². The Balaban J connectivity index is 1.95. The van der Waals surface area contributed by atoms with Gasteiger partial charge in [-0.2, -0.15) is 0 Å². The molecule has 2 rings (SSSR count). The number of nitrogens with one attached hydrogen (secondary N) is 1. The first-order valence-corrected chi connectivity index (χ1v) is 8.39. The van der Waals surface area contributed by atoms with Crippen molar-refractivity contribution in [3.8, 4) is 5.75 Å². The Morgan fingerprint density at radius 3 is 2.35 bits per heavy atom. The number of aromatic hydroxyl groups is 1. The van der Waals surface area contributed by atoms with Crippen molar-refractivity contribution in [1.82, 2.24) is 10.2 Å². The zero-order valence-electron chi connectivity index (χ0n) is 14.2. The van der Waals surface area contributed by atoms with E-state index in [1.54, 1.807) is 24.3 Å². The molecule has 5 nitrogen and oxygen atoms in total. The first-order valence-electron chi connectivity index (χ1n) is 8.39. The van der Waals surface area contributed by atoms with E-state index in [1.807, 2.05) is 6.92 Å². The topological polar surface area (TPSA) is 72.8 Å². The highest BCUT2D eigenvalue weighted by Gasteiger charge is 2.34. The molecule has 1 amide bonds. The van der Waals surface area contributed by atoms with E-state index in [9.17, 15) is 15.0 Å². The van der Waals surface area contributed by atoms with Crippen molar-refractivity contribution >= 4 is 5.91 Å². The third-order valence-electron chi connectivity index (χ3n) is 4.83. The van der Waals surface area contributed by atoms with Crippen LogP contribution in [0.15, 0.2) is 24.3 Å². The molecule has 1 heterocycles. The number of carbonyl (C=O) groups is 1. The van der Waals surface area contributed by atoms with E-state index in [1.165, 1.54) is 0 Å². The van der Waals surface area contributed by atoms with Gasteiger partial charge in [0.2, 0.25) is 5.91 Å². The maximum atomic E-state index is 12.5. The fourth-order valence-corrected chi connectivity index (χ4v) is 3.51. The van der Waals surface area contributed by atoms with Gasteiger partial charge < -0.3 is 15.5 Å². The number of likely N-dealkylation sites (tertiary alicyclic amines) is 1. The van der Waals surface area contributed by atoms with Gasteiger partial charge in [-0.15, -0.1) is 0 Å². The molecule has 1 aliphatic heterocycles. The average molecular weight is 320 g/mol. The quantitative estimate of drug-likeness (QED) is 0.745. The lowest BCUT2D eigenvalue weighted by Crippen LogP contribution is -2.52. The van der Waals surface area contributed by atoms with Crippen molar-refractivity contribution in [2.75, 3.05) is 6.61 Å². The van der Waals surface area contributed by atoms with E-state index >= 15 is 0 Å². The van der Waals surface area contributed by atoms with Gasteiger partial charge in [-0.3, -0.25) is 9.69 Å². The zero-order valence-corrected chi connectivity index (χ0v) is 14.2. The summed E-state index contributed by atoms with van der Waals surface area (Å²) in [6, 6.07) is 7.14. The van der Waals surface area contributed by atoms with Gasteiger partial charge in [-0.05, 0) is 57.7 Å². The molecule has 0 aromatic heterocycles. The SMILES string of the molecule is C[C@@H]1CC[C@@H](C)N1[C@@H](C)C(=O)N[C@H](CO)Cc1ccc(O)cc1. The number of nitrogens with zero attached hydrogens (tertiary/aromatic N) is 1. The van der Waals surface area contributed by atoms with Crippen LogP contribution in [0.5, 0.6) is 5.75 Å². The highest BCUT2D eigenvalue weighted by Crippen LogP contribution is 2.26. The summed E-state index contributed by atoms with van der Waals surface area (Å²) in [5, 5.41) is 21.8. The molecule has 1 saturated heterocycles. The van der Waals surface area contributed by atoms with Crippen LogP contribution in [0.25, 0.3) is 0 Å². The maximum Gasteiger partial charge on any atom is 0.237 e. The second kappa shape index (κ2) is 7.79. The van der Waals surface area contributed by atoms with Crippen LogP contribution in [0, 0.1) is 0 Å². The lowest BCUT2D eigenvalue weighted by atomic mass is 10.1. The summed E-state index contributed by atoms with van der Waals surface area (Å²) in [6.45, 7) is 6.15. The van der Waals surface area contributed by atoms with E-state index < -0.39 is 0 Å². The van der Waals surface area contributed by atoms with Crippen LogP contribution in [0.1, 0.15) is 39.2 Å². The van der Waals surface area contributed by atoms with Crippen molar-refractivity contribution in [2.24, 2.45) is 0 Å². The molecule has 1 aromatic rings. The first-order chi connectivity index (χ1) is 10.9. The molecule has 0 spiro atoms. The minimum atomic E-state index is -0.317. The summed E-state index contributed by atoms with van der Waals surface area (Å²) in [4.78, 5) is 14.8. The molecule has 1 aliphatic rings. The highest BCUT2D eigenvalue weighted by molar-refractivity contribution is 5.81. The van der Waals surface area contributed by atoms with E-state index in [-0.39, 0.29) is 30.3 Å². The first kappa shape index (κ1) is 17.8. The Labute approximate surface area is 138 Å². The summed E-state index contributed by atoms with van der Waals surface area (Å²) in [5.74, 6) is 0.174. The van der Waals surface area contributed by atoms with Gasteiger partial charge in [-0.25, -0.2) is 0 Å². The van der Waals surface area contributed by atoms with Crippen molar-refractivity contribution < 1.29 is 15.0 Å². The van der Waals surface area contributed by atoms with Gasteiger partial charge in [0.05, 0.1) is 18.7 Å². The molecule has 128 valence electrons. The summed E-state index contributed by atoms with van der Waals surface area (Å²) >= 11 is 0. The molecule has 1 fully saturated rings. The third kappa shape index (κ3) is 4.45. The second-order valence-electron chi connectivity index (χ2n) is 6.66. The number of rotatable bonds is 6. The van der Waals surface area contributed by atoms with Crippen LogP contribution in [-0.4, -0.2) is 51.8 Å². The Kier molecular flexibility index (Phi) is 6.02. The number of hydrogen-bond donors (Lipinski definition) is 3. The highest BCUT2D eigenvalue weighted by atomic mass is 16.3. The van der Waals surface area contributed by atoms with Crippen molar-refractivity contribution in [3.63, 3.8) is 0 Å². The van der Waals surface area contributed by atoms with Crippen molar-refractivity contribution in [3.05, 3.63) is 29.8 Å². The summed E-state index contributed by atoms with van der Waals surface area (Å²) in [6.07, 6.45) is 2.78. The van der Waals surface area contributed by atoms with E-state index in [0.29, 0.717) is 18.5 Å². The van der Waals surface area contributed by atoms with Gasteiger partial charge in [0.25, 0.3) is 0 Å². The molecule has 0 radical (unpaired) electrons. The number of benzene rings is 1. The van der Waals surface area contributed by atoms with Gasteiger partial charge in [-0.1, -0.05) is 12.1 Å². The molecule has 3 N–H and O–H groups in total. The van der Waals surface area contributed by atoms with E-state index in [0.717, 1.165) is 18.4 Å². The molecular weight excluding hydrogens is 292 g/mol. The van der Waals surface area contributed by atoms with Gasteiger partial charge >= 0.3 is 0 Å². The van der Waals surface area contributed by atoms with Crippen LogP contribution >= 0.6 is 0 Å². The molecule has 0 unspecified atom stereocenters. The third-order valence-corrected chi connectivity index (χ3v) is 4.83. The number of phenols is 1. The predicted molar refractivity (Wildman–Crippen MR) is 90.3 cm³/mol. The van der Waals surface area contributed by atoms with Crippen LogP contribution < -0.4 is 5.32 Å². The number of amides is 1. The Bertz CT molecular complexity index is 508. The molecule has 5 heteroatoms. The molecule has 0 aliphatic carbocycles. The Morgan fingerprint density at radius 2 is 1.83 bits per heavy atom. The molecule has 1 aromatic carbocycles. The fraction of sp³-hybridized carbons (Fsp3) is 0.611. The average Bonchev–Trinajstić information content (AvgIpc) is 2.86. The van der Waals surface area contributed by atoms with Gasteiger partial charge in [0.1, 0.15) is 5.75 Å². The molecule has 0 bridgehead atoms. The smallest absolute Gasteiger partial charge is 0.237 e. The van der Waals surface area contributed by atoms with Crippen molar-refractivity contribution in [2.45, 2.75) is 64.2 Å². The normalized spacial score (nSPS) is 24.3. The van der Waals surface area contributed by atoms with Crippen LogP contribution in [0.2, 0.25) is 0 Å². The minimum absolute atomic E-state index is 0.0385. The molecule has 4 atom stereocenters. The Morgan fingerprint density at radius 1 is 1.26 bits per heavy atom. The summed E-state index contributed by atoms with van der Waals surface area (Å²) < 4.78 is 0. The molecule has 0 saturated carbocycles. The molecule has 23 heavy (non-hydrogen) atoms. The lowest BCUT2D eigenvalue weighted by Gasteiger charge is -2.32. The van der Waals surface area contributed by atoms with Crippen molar-refractivity contribution in [1.29, 1.82) is 0 Å². The number of aliphatic hydroxyl groups is 1. The number of aliphatic hydroxyl groups excluding tert-OH is 1. The van der Waals surface area contributed by atoms with E-state index in [4.69, 9.17) is 0 Å². The van der Waals surface area contributed by atoms with Gasteiger partial charge in [0.15, 0.2) is 0 Å². The monoisotopic (exact) mass is 320 g/mol. The van der Waals surface area contributed by atoms with Crippen LogP contribution in [0.3, 0.4) is 0 Å². The largest absolute Gasteiger partial charge is 0.508 e. The lowest BCUT2D eigenvalue weighted by molar-refractivity contribution is -0.127. The Hall–Kier alpha value is -1.59. The number of phenolic OH excluding ortho intramolecular Hbond substituents is 1. The maximum absolute atomic E-state index is 12.5. The molecular formula is C18H28N2O3. The number of carbonyl (C=O) groups excluding carboxylic acids is 1. The van der Waals surface area contributed by atoms with Crippen LogP contribution in [0.4, 0.5) is 0 Å². The zero-order chi connectivity index (χ0) is 17.0. The standard InChI is InChI=1S/C18H28N2O3/c1-12-4-5-13(2)20(12)14(3)18(23)19-16(11-21)10-15-6-8-17(22)9-7-15/h6-9,12-14,16,21-22H,4-5,10-11H2,1-3H3,(H,19,23)/t12-,13-,14+,16+/m1/s1. The summed E-state index contributed by atoms with van der Waals surface area (Å²) in [7, 11) is 0.